The van der Waals surface area contributed by atoms with Gasteiger partial charge in [0.15, 0.2) is 0 Å². The summed E-state index contributed by atoms with van der Waals surface area (Å²) in [6.45, 7) is 3.20. The Morgan fingerprint density at radius 1 is 1.27 bits per heavy atom. The van der Waals surface area contributed by atoms with Crippen molar-refractivity contribution in [2.24, 2.45) is 7.05 Å². The molecule has 0 fully saturated rings. The molecule has 0 atom stereocenters. The van der Waals surface area contributed by atoms with Gasteiger partial charge in [-0.25, -0.2) is 4.79 Å². The summed E-state index contributed by atoms with van der Waals surface area (Å²) in [6.07, 6.45) is -4.47. The van der Waals surface area contributed by atoms with Crippen molar-refractivity contribution in [2.75, 3.05) is 6.61 Å². The van der Waals surface area contributed by atoms with Crippen LogP contribution in [0.2, 0.25) is 0 Å². The SMILES string of the molecule is CCOC(=O)C(=O)c1c(C)c2ccc(C(F)(F)F)cc2n1C. The minimum Gasteiger partial charge on any atom is -0.460 e. The summed E-state index contributed by atoms with van der Waals surface area (Å²) in [5, 5.41) is 0.489. The molecule has 0 bridgehead atoms. The standard InChI is InChI=1S/C15H14F3NO3/c1-4-22-14(21)13(20)12-8(2)10-6-5-9(15(16,17)18)7-11(10)19(12)3/h5-7H,4H2,1-3H3. The van der Waals surface area contributed by atoms with Crippen molar-refractivity contribution in [1.29, 1.82) is 0 Å². The van der Waals surface area contributed by atoms with Crippen LogP contribution in [0.15, 0.2) is 18.2 Å². The van der Waals surface area contributed by atoms with Crippen LogP contribution in [0.4, 0.5) is 13.2 Å². The van der Waals surface area contributed by atoms with Gasteiger partial charge in [0.2, 0.25) is 0 Å². The number of rotatable bonds is 3. The largest absolute Gasteiger partial charge is 0.460 e. The van der Waals surface area contributed by atoms with Crippen LogP contribution in [0.25, 0.3) is 10.9 Å². The first-order valence-corrected chi connectivity index (χ1v) is 6.56. The van der Waals surface area contributed by atoms with Gasteiger partial charge in [-0.1, -0.05) is 6.07 Å². The summed E-state index contributed by atoms with van der Waals surface area (Å²) in [7, 11) is 1.45. The van der Waals surface area contributed by atoms with Gasteiger partial charge in [0, 0.05) is 18.0 Å². The Morgan fingerprint density at radius 3 is 2.45 bits per heavy atom. The Hall–Kier alpha value is -2.31. The zero-order chi connectivity index (χ0) is 16.7. The number of hydrogen-bond acceptors (Lipinski definition) is 3. The van der Waals surface area contributed by atoms with Gasteiger partial charge in [-0.3, -0.25) is 4.79 Å². The number of aromatic nitrogens is 1. The summed E-state index contributed by atoms with van der Waals surface area (Å²) in [5.74, 6) is -1.89. The van der Waals surface area contributed by atoms with Gasteiger partial charge < -0.3 is 9.30 Å². The second kappa shape index (κ2) is 5.47. The number of esters is 1. The van der Waals surface area contributed by atoms with Crippen molar-refractivity contribution in [3.63, 3.8) is 0 Å². The van der Waals surface area contributed by atoms with Crippen molar-refractivity contribution in [3.8, 4) is 0 Å². The lowest BCUT2D eigenvalue weighted by Crippen LogP contribution is -2.20. The van der Waals surface area contributed by atoms with E-state index in [0.717, 1.165) is 12.1 Å². The molecule has 0 radical (unpaired) electrons. The maximum absolute atomic E-state index is 12.8. The van der Waals surface area contributed by atoms with Crippen LogP contribution in [0.1, 0.15) is 28.5 Å². The van der Waals surface area contributed by atoms with Crippen LogP contribution in [0, 0.1) is 6.92 Å². The predicted octanol–water partition coefficient (Wildman–Crippen LogP) is 3.25. The van der Waals surface area contributed by atoms with E-state index in [9.17, 15) is 22.8 Å². The molecule has 2 aromatic rings. The van der Waals surface area contributed by atoms with E-state index in [1.54, 1.807) is 13.8 Å². The Bertz CT molecular complexity index is 759. The van der Waals surface area contributed by atoms with Crippen LogP contribution in [0.5, 0.6) is 0 Å². The molecular weight excluding hydrogens is 299 g/mol. The first-order chi connectivity index (χ1) is 10.2. The van der Waals surface area contributed by atoms with Crippen molar-refractivity contribution in [2.45, 2.75) is 20.0 Å². The number of ketones is 1. The number of benzene rings is 1. The second-order valence-corrected chi connectivity index (χ2v) is 4.81. The summed E-state index contributed by atoms with van der Waals surface area (Å²) in [6, 6.07) is 3.22. The van der Waals surface area contributed by atoms with Crippen molar-refractivity contribution in [3.05, 3.63) is 35.0 Å². The average molecular weight is 313 g/mol. The number of carbonyl (C=O) groups excluding carboxylic acids is 2. The normalized spacial score (nSPS) is 11.7. The summed E-state index contributed by atoms with van der Waals surface area (Å²) in [4.78, 5) is 23.7. The minimum atomic E-state index is -4.47. The molecule has 22 heavy (non-hydrogen) atoms. The molecule has 1 aromatic carbocycles. The van der Waals surface area contributed by atoms with Gasteiger partial charge in [-0.05, 0) is 31.5 Å². The number of carbonyl (C=O) groups is 2. The molecule has 0 saturated heterocycles. The monoisotopic (exact) mass is 313 g/mol. The number of Topliss-reactive ketones (excluding diaryl/α,β-unsaturated/α-hetero) is 1. The zero-order valence-electron chi connectivity index (χ0n) is 12.2. The van der Waals surface area contributed by atoms with E-state index in [4.69, 9.17) is 0 Å². The average Bonchev–Trinajstić information content (AvgIpc) is 2.69. The molecule has 4 nitrogen and oxygen atoms in total. The molecule has 0 aliphatic carbocycles. The summed E-state index contributed by atoms with van der Waals surface area (Å²) in [5.41, 5.74) is -0.0900. The molecule has 118 valence electrons. The van der Waals surface area contributed by atoms with E-state index >= 15 is 0 Å². The fourth-order valence-corrected chi connectivity index (χ4v) is 2.42. The first-order valence-electron chi connectivity index (χ1n) is 6.56. The number of aryl methyl sites for hydroxylation is 2. The number of halogens is 3. The molecule has 0 aliphatic rings. The van der Waals surface area contributed by atoms with Crippen LogP contribution < -0.4 is 0 Å². The number of nitrogens with zero attached hydrogens (tertiary/aromatic N) is 1. The zero-order valence-corrected chi connectivity index (χ0v) is 12.2. The molecule has 0 aliphatic heterocycles. The van der Waals surface area contributed by atoms with Crippen molar-refractivity contribution < 1.29 is 27.5 Å². The molecular formula is C15H14F3NO3. The van der Waals surface area contributed by atoms with E-state index in [1.807, 2.05) is 0 Å². The second-order valence-electron chi connectivity index (χ2n) is 4.81. The quantitative estimate of drug-likeness (QED) is 0.496. The van der Waals surface area contributed by atoms with Crippen LogP contribution >= 0.6 is 0 Å². The highest BCUT2D eigenvalue weighted by atomic mass is 19.4. The number of hydrogen-bond donors (Lipinski definition) is 0. The van der Waals surface area contributed by atoms with Crippen molar-refractivity contribution in [1.82, 2.24) is 4.57 Å². The number of fused-ring (bicyclic) bond motifs is 1. The van der Waals surface area contributed by atoms with Gasteiger partial charge in [-0.15, -0.1) is 0 Å². The maximum atomic E-state index is 12.8. The lowest BCUT2D eigenvalue weighted by molar-refractivity contribution is -0.138. The highest BCUT2D eigenvalue weighted by Crippen LogP contribution is 2.33. The van der Waals surface area contributed by atoms with Gasteiger partial charge in [0.1, 0.15) is 5.69 Å². The summed E-state index contributed by atoms with van der Waals surface area (Å²) >= 11 is 0. The van der Waals surface area contributed by atoms with E-state index in [-0.39, 0.29) is 17.8 Å². The van der Waals surface area contributed by atoms with Gasteiger partial charge >= 0.3 is 12.1 Å². The summed E-state index contributed by atoms with van der Waals surface area (Å²) < 4.78 is 44.3. The number of ether oxygens (including phenoxy) is 1. The molecule has 2 rings (SSSR count). The van der Waals surface area contributed by atoms with Gasteiger partial charge in [0.25, 0.3) is 5.78 Å². The minimum absolute atomic E-state index is 0.0350. The molecule has 0 N–H and O–H groups in total. The third-order valence-corrected chi connectivity index (χ3v) is 3.46. The predicted molar refractivity (Wildman–Crippen MR) is 73.6 cm³/mol. The van der Waals surface area contributed by atoms with Gasteiger partial charge in [0.05, 0.1) is 12.2 Å². The number of alkyl halides is 3. The molecule has 0 unspecified atom stereocenters. The third-order valence-electron chi connectivity index (χ3n) is 3.46. The third kappa shape index (κ3) is 2.58. The maximum Gasteiger partial charge on any atom is 0.416 e. The molecule has 1 heterocycles. The van der Waals surface area contributed by atoms with E-state index in [1.165, 1.54) is 17.7 Å². The molecule has 1 aromatic heterocycles. The van der Waals surface area contributed by atoms with E-state index in [0.29, 0.717) is 10.9 Å². The molecule has 7 heteroatoms. The van der Waals surface area contributed by atoms with E-state index in [2.05, 4.69) is 4.74 Å². The molecule has 0 amide bonds. The highest BCUT2D eigenvalue weighted by molar-refractivity contribution is 6.41. The first kappa shape index (κ1) is 16.1. The fourth-order valence-electron chi connectivity index (χ4n) is 2.42. The van der Waals surface area contributed by atoms with Gasteiger partial charge in [-0.2, -0.15) is 13.2 Å². The fraction of sp³-hybridized carbons (Fsp3) is 0.333. The molecule has 0 saturated carbocycles. The Balaban J connectivity index is 2.63. The topological polar surface area (TPSA) is 48.3 Å². The smallest absolute Gasteiger partial charge is 0.416 e. The van der Waals surface area contributed by atoms with E-state index < -0.39 is 23.5 Å². The Kier molecular flexibility index (Phi) is 4.00. The Morgan fingerprint density at radius 2 is 1.91 bits per heavy atom. The molecule has 0 spiro atoms. The van der Waals surface area contributed by atoms with Crippen LogP contribution in [-0.2, 0) is 22.8 Å². The Labute approximate surface area is 124 Å². The highest BCUT2D eigenvalue weighted by Gasteiger charge is 2.32. The van der Waals surface area contributed by atoms with Crippen LogP contribution in [0.3, 0.4) is 0 Å². The lowest BCUT2D eigenvalue weighted by Gasteiger charge is -2.07. The van der Waals surface area contributed by atoms with Crippen LogP contribution in [-0.4, -0.2) is 22.9 Å². The lowest BCUT2D eigenvalue weighted by atomic mass is 10.1. The van der Waals surface area contributed by atoms with Crippen molar-refractivity contribution >= 4 is 22.7 Å².